The molecule has 16 heterocycles. The number of nitrogens with zero attached hydrogens (tertiary/aromatic N) is 14. The average Bonchev–Trinajstić information content (AvgIpc) is 1.63. The van der Waals surface area contributed by atoms with Gasteiger partial charge in [0.1, 0.15) is 144 Å². The molecule has 73 heteroatoms. The first-order chi connectivity index (χ1) is 67.1. The zero-order chi connectivity index (χ0) is 103. The number of hydrogen-bond acceptors (Lipinski definition) is 54. The normalized spacial score (nSPS) is 29.8. The Labute approximate surface area is 837 Å². The second kappa shape index (κ2) is 43.3. The number of hydrogen-bond donors (Lipinski definition) is 9. The van der Waals surface area contributed by atoms with Gasteiger partial charge in [-0.05, 0) is 41.5 Å². The number of fused-ring (bicyclic) bond motifs is 2. The molecule has 0 bridgehead atoms. The van der Waals surface area contributed by atoms with Crippen LogP contribution in [-0.4, -0.2) is 217 Å². The van der Waals surface area contributed by atoms with Crippen LogP contribution in [-0.2, 0) is 180 Å². The van der Waals surface area contributed by atoms with Crippen molar-refractivity contribution in [2.75, 3.05) is 62.6 Å². The van der Waals surface area contributed by atoms with Gasteiger partial charge >= 0.3 is 28.4 Å². The first kappa shape index (κ1) is 109. The maximum Gasteiger partial charge on any atom is 0.351 e. The summed E-state index contributed by atoms with van der Waals surface area (Å²) < 4.78 is 141. The molecule has 7 fully saturated rings. The third-order valence-corrected chi connectivity index (χ3v) is 33.7. The lowest BCUT2D eigenvalue weighted by molar-refractivity contribution is -0.221. The zero-order valence-corrected chi connectivity index (χ0v) is 86.6. The number of anilines is 4. The van der Waals surface area contributed by atoms with Gasteiger partial charge in [-0.2, -0.15) is 15.0 Å². The second-order valence-corrected chi connectivity index (χ2v) is 52.2. The molecule has 0 aromatic carbocycles. The number of nitrogen functional groups attached to an aromatic ring is 4. The minimum Gasteiger partial charge on any atom is -0.780 e. The summed E-state index contributed by atoms with van der Waals surface area (Å²) in [6.07, 6.45) is -22.4. The van der Waals surface area contributed by atoms with Crippen molar-refractivity contribution in [3.8, 4) is 0 Å². The van der Waals surface area contributed by atoms with Gasteiger partial charge in [-0.3, -0.25) is 75.6 Å². The average molecular weight is 2270 g/mol. The van der Waals surface area contributed by atoms with Gasteiger partial charge in [0.2, 0.25) is 5.95 Å². The van der Waals surface area contributed by atoms with E-state index in [-0.39, 0.29) is 87.2 Å². The van der Waals surface area contributed by atoms with Gasteiger partial charge in [0.15, 0.2) is 29.4 Å². The minimum atomic E-state index is -5.08. The molecule has 7 aliphatic heterocycles. The number of aryl methyl sites for hydroxylation is 5. The van der Waals surface area contributed by atoms with Crippen LogP contribution in [0.5, 0.6) is 0 Å². The van der Waals surface area contributed by atoms with Crippen molar-refractivity contribution in [2.24, 2.45) is 0 Å². The lowest BCUT2D eigenvalue weighted by atomic mass is 10.2. The highest BCUT2D eigenvalue weighted by molar-refractivity contribution is 8.32. The van der Waals surface area contributed by atoms with Gasteiger partial charge in [0, 0.05) is 104 Å². The molecule has 14 unspecified atom stereocenters. The molecule has 7 saturated heterocycles. The zero-order valence-electron chi connectivity index (χ0n) is 74.6. The standard InChI is InChI=1S/C70H93N22O37P7S7/c1-28-14-86(66(97)79-56(28)71)47-9-36(42(117-47)20-110-131(104,138)124-34-7-52(116-33(34)6)92-27-78-55-60(92)81-65(74)82-64(55)96)125-133(106,140)113-23-45-39(12-50(120-45)89-17-31(4)62(94)84-69(89)100)128-135(108,142)112-21-43-37(10-48(118-43)87-15-29(2)57(72)80-67(87)98)126-134(107,141)114-24-46-40(13-51(121-46)90-18-32(5)63(95)85-70(90)101)129-136(109,143)115-22-44-38(11-49(119-44)88-16-30(3)61(93)83-68(88)99)127-132(105,139)111-19-41-35(123-130(102,103)137)8-53(122-41)91-26-77-54-58(73)75-25-76-59(54)91/h14-18,25-27,33-53H,7-13,19-24H2,1-6H3,(H,104,138)(H,105,139)(H,106,140)(H,107,141)(H,108,142)(H,109,143)(H2,71,79,97)(H2,72,80,98)(H2,73,75,76)(H,83,93,99)(H,84,94,100)(H,85,95,101)(H2,102,103,137)(H3,74,81,82,96)/p-7/t33-,34?,35?,36?,37?,38?,39?,40?,41-,42-,43-,44-,45-,46-,47-,48-,49-,50-,51-,52-,53-,131?,132?,133?,134?,135?,136?/m1/s1. The maximum atomic E-state index is 14.9. The first-order valence-electron chi connectivity index (χ1n) is 42.5. The largest absolute Gasteiger partial charge is 0.780 e. The van der Waals surface area contributed by atoms with E-state index in [0.717, 1.165) is 47.8 Å². The van der Waals surface area contributed by atoms with Gasteiger partial charge in [0.25, 0.3) is 22.2 Å². The Hall–Kier alpha value is -6.70. The molecule has 59 nitrogen and oxygen atoms in total. The molecular formula is C70H86N22O37P7S7-7. The Morgan fingerprint density at radius 1 is 0.378 bits per heavy atom. The third-order valence-electron chi connectivity index (χ3n) is 23.4. The number of rotatable bonds is 39. The summed E-state index contributed by atoms with van der Waals surface area (Å²) in [6.45, 7) is -30.9. The van der Waals surface area contributed by atoms with Crippen molar-refractivity contribution in [1.29, 1.82) is 0 Å². The van der Waals surface area contributed by atoms with Crippen LogP contribution >= 0.6 is 47.1 Å². The van der Waals surface area contributed by atoms with Crippen LogP contribution in [0.4, 0.5) is 23.4 Å². The van der Waals surface area contributed by atoms with E-state index in [1.54, 1.807) is 13.8 Å². The third kappa shape index (κ3) is 26.0. The van der Waals surface area contributed by atoms with Crippen LogP contribution in [0.25, 0.3) is 22.3 Å². The van der Waals surface area contributed by atoms with Crippen molar-refractivity contribution in [1.82, 2.24) is 86.8 Å². The number of nitrogens with two attached hydrogens (primary N) is 4. The van der Waals surface area contributed by atoms with Gasteiger partial charge in [-0.1, -0.05) is 70.8 Å². The molecule has 0 amide bonds. The molecule has 0 aliphatic carbocycles. The second-order valence-electron chi connectivity index (χ2n) is 33.4. The SMILES string of the molecule is Cc1cn([C@H]2CC(OP(=O)([S-])OC[C@H]3O[C@@H](n4cc(C)c(=O)[nH]c4=O)CC3OP([O-])(=S)OC[C@H]3O[C@@H](n4cc(C)c(N)nc4=O)CC3OP([O-])(=S)OC[C@H]3O[C@@H](n4cc(C)c(=O)[nH]c4=O)CC3OP([O-])(=S)OC[C@H]3O[C@@H](n4cc(C)c(=O)[nH]c4=O)CC3OP([O-])(=S)OC[C@H]3O[C@@H](n4cnc5c(N)ncnc54)CC3OP([O-])(O)=S)[C@@H](COP([O-])(=S)OC3C[C@H](n4cnc5c(=O)[nH]c(N)nc54)O[C@@H]3C)O2)c(=O)nc1N. The molecule has 782 valence electrons. The van der Waals surface area contributed by atoms with E-state index in [9.17, 15) is 82.0 Å². The lowest BCUT2D eigenvalue weighted by Crippen LogP contribution is -2.35. The monoisotopic (exact) mass is 2270 g/mol. The molecule has 9 aromatic heterocycles. The fraction of sp³-hybridized carbons (Fsp3) is 0.571. The highest BCUT2D eigenvalue weighted by Crippen LogP contribution is 2.57. The van der Waals surface area contributed by atoms with E-state index in [1.807, 2.05) is 0 Å². The quantitative estimate of drug-likeness (QED) is 0.0131. The summed E-state index contributed by atoms with van der Waals surface area (Å²) in [4.78, 5) is 251. The first-order valence-corrected chi connectivity index (χ1v) is 60.4. The lowest BCUT2D eigenvalue weighted by Gasteiger charge is -2.36. The highest BCUT2D eigenvalue weighted by atomic mass is 32.7. The number of ether oxygens (including phenoxy) is 7. The Kier molecular flexibility index (Phi) is 33.0. The number of aromatic nitrogens is 18. The van der Waals surface area contributed by atoms with Crippen molar-refractivity contribution in [3.05, 3.63) is 172 Å². The molecular weight excluding hydrogens is 2180 g/mol. The summed E-state index contributed by atoms with van der Waals surface area (Å²) in [7, 11) is 0. The maximum absolute atomic E-state index is 14.9. The fourth-order valence-corrected chi connectivity index (χ4v) is 26.1. The summed E-state index contributed by atoms with van der Waals surface area (Å²) in [5.74, 6) is -0.486. The van der Waals surface area contributed by atoms with E-state index in [0.29, 0.717) is 5.56 Å². The fourth-order valence-electron chi connectivity index (χ4n) is 16.4. The van der Waals surface area contributed by atoms with E-state index in [1.165, 1.54) is 61.9 Å². The van der Waals surface area contributed by atoms with Crippen LogP contribution < -0.4 is 103 Å². The van der Waals surface area contributed by atoms with Crippen molar-refractivity contribution >= 4 is 176 Å². The van der Waals surface area contributed by atoms with E-state index >= 15 is 0 Å². The Morgan fingerprint density at radius 2 is 0.678 bits per heavy atom. The summed E-state index contributed by atoms with van der Waals surface area (Å²) in [5.41, 5.74) is 16.8. The van der Waals surface area contributed by atoms with Crippen LogP contribution in [0.3, 0.4) is 0 Å². The van der Waals surface area contributed by atoms with Gasteiger partial charge in [-0.15, -0.1) is 0 Å². The predicted octanol–water partition coefficient (Wildman–Crippen LogP) is -4.02. The molecule has 143 heavy (non-hydrogen) atoms. The number of nitrogens with one attached hydrogen (secondary N) is 4. The number of imidazole rings is 2. The van der Waals surface area contributed by atoms with Crippen molar-refractivity contribution in [3.63, 3.8) is 0 Å². The number of aromatic amines is 4. The van der Waals surface area contributed by atoms with Crippen LogP contribution in [0, 0.1) is 34.6 Å². The summed E-state index contributed by atoms with van der Waals surface area (Å²) in [6, 6.07) is 0. The Morgan fingerprint density at radius 3 is 1.05 bits per heavy atom. The molecule has 13 N–H and O–H groups in total. The van der Waals surface area contributed by atoms with Gasteiger partial charge in [-0.25, -0.2) is 43.9 Å². The molecule has 28 atom stereocenters. The molecule has 9 aromatic rings. The van der Waals surface area contributed by atoms with Crippen LogP contribution in [0.2, 0.25) is 0 Å². The smallest absolute Gasteiger partial charge is 0.351 e. The van der Waals surface area contributed by atoms with Gasteiger partial charge < -0.3 is 161 Å². The summed E-state index contributed by atoms with van der Waals surface area (Å²) >= 11 is 37.3. The molecule has 0 radical (unpaired) electrons. The van der Waals surface area contributed by atoms with Crippen molar-refractivity contribution in [2.45, 2.75) is 216 Å². The highest BCUT2D eigenvalue weighted by Gasteiger charge is 2.49. The molecule has 0 spiro atoms. The molecule has 16 rings (SSSR count). The molecule has 0 saturated carbocycles. The molecule has 7 aliphatic rings. The predicted molar refractivity (Wildman–Crippen MR) is 504 cm³/mol. The summed E-state index contributed by atoms with van der Waals surface area (Å²) in [5, 5.41) is 0. The topological polar surface area (TPSA) is 806 Å². The van der Waals surface area contributed by atoms with E-state index < -0.39 is 292 Å². The number of H-pyrrole nitrogens is 4. The minimum absolute atomic E-state index is 0.00317. The van der Waals surface area contributed by atoms with Crippen LogP contribution in [0.15, 0.2) is 93.1 Å². The van der Waals surface area contributed by atoms with E-state index in [4.69, 9.17) is 186 Å². The van der Waals surface area contributed by atoms with Crippen molar-refractivity contribution < 1.29 is 131 Å². The Balaban J connectivity index is 0.599. The van der Waals surface area contributed by atoms with E-state index in [2.05, 4.69) is 66.6 Å². The van der Waals surface area contributed by atoms with Crippen LogP contribution in [0.1, 0.15) is 123 Å². The van der Waals surface area contributed by atoms with Gasteiger partial charge in [0.05, 0.1) is 101 Å². The Bertz CT molecular complexity index is 7340.